The van der Waals surface area contributed by atoms with Crippen LogP contribution in [0.4, 0.5) is 0 Å². The number of carboxylic acids is 1. The molecule has 0 bridgehead atoms. The van der Waals surface area contributed by atoms with Crippen LogP contribution in [0.3, 0.4) is 0 Å². The number of halogens is 1. The van der Waals surface area contributed by atoms with E-state index in [1.807, 2.05) is 6.07 Å². The first kappa shape index (κ1) is 14.8. The van der Waals surface area contributed by atoms with Gasteiger partial charge in [0.2, 0.25) is 0 Å². The molecule has 2 aromatic rings. The zero-order valence-electron chi connectivity index (χ0n) is 11.8. The van der Waals surface area contributed by atoms with E-state index in [4.69, 9.17) is 5.11 Å². The van der Waals surface area contributed by atoms with Crippen molar-refractivity contribution >= 4 is 44.8 Å². The largest absolute Gasteiger partial charge is 0.481 e. The molecule has 1 aliphatic carbocycles. The van der Waals surface area contributed by atoms with E-state index in [-0.39, 0.29) is 5.75 Å². The first-order valence-electron chi connectivity index (χ1n) is 6.73. The average molecular weight is 370 g/mol. The van der Waals surface area contributed by atoms with Gasteiger partial charge in [0.1, 0.15) is 5.52 Å². The van der Waals surface area contributed by atoms with Gasteiger partial charge in [-0.15, -0.1) is 0 Å². The number of thioether (sulfide) groups is 1. The summed E-state index contributed by atoms with van der Waals surface area (Å²) in [4.78, 5) is 19.8. The zero-order chi connectivity index (χ0) is 15.2. The molecule has 2 heterocycles. The molecule has 1 N–H and O–H groups in total. The van der Waals surface area contributed by atoms with Gasteiger partial charge in [0.15, 0.2) is 10.8 Å². The van der Waals surface area contributed by atoms with E-state index < -0.39 is 5.97 Å². The van der Waals surface area contributed by atoms with Crippen LogP contribution in [0.5, 0.6) is 0 Å². The van der Waals surface area contributed by atoms with Crippen molar-refractivity contribution in [2.75, 3.05) is 5.75 Å². The number of aromatic nitrogens is 3. The standard InChI is InChI=1S/C14H16BrN3O2S/c1-14(2)4-8(14)6-18-12-10(3-9(15)5-16-12)17-13(18)21-7-11(19)20/h3,5,8H,4,6-7H2,1-2H3,(H,19,20). The molecule has 3 rings (SSSR count). The van der Waals surface area contributed by atoms with Crippen molar-refractivity contribution in [3.63, 3.8) is 0 Å². The van der Waals surface area contributed by atoms with Gasteiger partial charge in [-0.05, 0) is 39.8 Å². The monoisotopic (exact) mass is 369 g/mol. The summed E-state index contributed by atoms with van der Waals surface area (Å²) in [5, 5.41) is 9.62. The van der Waals surface area contributed by atoms with Crippen molar-refractivity contribution in [2.24, 2.45) is 11.3 Å². The molecule has 0 saturated heterocycles. The Morgan fingerprint density at radius 3 is 2.95 bits per heavy atom. The lowest BCUT2D eigenvalue weighted by molar-refractivity contribution is -0.133. The van der Waals surface area contributed by atoms with Crippen molar-refractivity contribution in [2.45, 2.75) is 32.0 Å². The van der Waals surface area contributed by atoms with Crippen LogP contribution < -0.4 is 0 Å². The van der Waals surface area contributed by atoms with Crippen LogP contribution in [-0.2, 0) is 11.3 Å². The fraction of sp³-hybridized carbons (Fsp3) is 0.500. The lowest BCUT2D eigenvalue weighted by Crippen LogP contribution is -2.07. The first-order chi connectivity index (χ1) is 9.87. The van der Waals surface area contributed by atoms with Crippen molar-refractivity contribution in [3.05, 3.63) is 16.7 Å². The zero-order valence-corrected chi connectivity index (χ0v) is 14.2. The Kier molecular flexibility index (Phi) is 3.73. The number of hydrogen-bond donors (Lipinski definition) is 1. The van der Waals surface area contributed by atoms with Crippen LogP contribution in [0.25, 0.3) is 11.2 Å². The van der Waals surface area contributed by atoms with Crippen LogP contribution in [0.15, 0.2) is 21.9 Å². The highest BCUT2D eigenvalue weighted by molar-refractivity contribution is 9.10. The number of carbonyl (C=O) groups is 1. The highest BCUT2D eigenvalue weighted by atomic mass is 79.9. The van der Waals surface area contributed by atoms with Gasteiger partial charge < -0.3 is 9.67 Å². The number of fused-ring (bicyclic) bond motifs is 1. The molecule has 1 atom stereocenters. The van der Waals surface area contributed by atoms with Crippen molar-refractivity contribution in [1.29, 1.82) is 0 Å². The number of hydrogen-bond acceptors (Lipinski definition) is 4. The molecule has 7 heteroatoms. The number of carboxylic acid groups (broad SMARTS) is 1. The quantitative estimate of drug-likeness (QED) is 0.817. The average Bonchev–Trinajstić information content (AvgIpc) is 2.85. The van der Waals surface area contributed by atoms with Crippen molar-refractivity contribution in [3.8, 4) is 0 Å². The third-order valence-corrected chi connectivity index (χ3v) is 5.36. The fourth-order valence-electron chi connectivity index (χ4n) is 2.47. The highest BCUT2D eigenvalue weighted by Crippen LogP contribution is 2.52. The number of imidazole rings is 1. The SMILES string of the molecule is CC1(C)CC1Cn1c(SCC(=O)O)nc2cc(Br)cnc21. The molecule has 1 saturated carbocycles. The molecule has 1 aliphatic rings. The molecule has 0 spiro atoms. The van der Waals surface area contributed by atoms with Gasteiger partial charge in [0.25, 0.3) is 0 Å². The molecule has 112 valence electrons. The molecule has 0 amide bonds. The molecule has 1 fully saturated rings. The summed E-state index contributed by atoms with van der Waals surface area (Å²) in [5.41, 5.74) is 1.99. The molecule has 2 aromatic heterocycles. The van der Waals surface area contributed by atoms with E-state index in [1.165, 1.54) is 18.2 Å². The van der Waals surface area contributed by atoms with Crippen LogP contribution in [0, 0.1) is 11.3 Å². The lowest BCUT2D eigenvalue weighted by Gasteiger charge is -2.09. The summed E-state index contributed by atoms with van der Waals surface area (Å²) < 4.78 is 2.94. The van der Waals surface area contributed by atoms with E-state index in [2.05, 4.69) is 44.3 Å². The minimum Gasteiger partial charge on any atom is -0.481 e. The van der Waals surface area contributed by atoms with Crippen molar-refractivity contribution in [1.82, 2.24) is 14.5 Å². The minimum absolute atomic E-state index is 0.0125. The van der Waals surface area contributed by atoms with Gasteiger partial charge in [-0.2, -0.15) is 0 Å². The summed E-state index contributed by atoms with van der Waals surface area (Å²) in [7, 11) is 0. The van der Waals surface area contributed by atoms with Gasteiger partial charge in [-0.1, -0.05) is 25.6 Å². The minimum atomic E-state index is -0.834. The van der Waals surface area contributed by atoms with Crippen LogP contribution in [0.1, 0.15) is 20.3 Å². The van der Waals surface area contributed by atoms with E-state index in [1.54, 1.807) is 6.20 Å². The summed E-state index contributed by atoms with van der Waals surface area (Å²) >= 11 is 4.65. The first-order valence-corrected chi connectivity index (χ1v) is 8.51. The van der Waals surface area contributed by atoms with Crippen LogP contribution >= 0.6 is 27.7 Å². The molecule has 1 unspecified atom stereocenters. The summed E-state index contributed by atoms with van der Waals surface area (Å²) in [6.07, 6.45) is 2.94. The smallest absolute Gasteiger partial charge is 0.313 e. The Hall–Kier alpha value is -1.08. The number of nitrogens with zero attached hydrogens (tertiary/aromatic N) is 3. The number of aliphatic carboxylic acids is 1. The maximum atomic E-state index is 10.8. The second-order valence-electron chi connectivity index (χ2n) is 6.07. The van der Waals surface area contributed by atoms with Crippen LogP contribution in [-0.4, -0.2) is 31.4 Å². The Bertz CT molecular complexity index is 714. The Balaban J connectivity index is 1.96. The highest BCUT2D eigenvalue weighted by Gasteiger charge is 2.45. The normalized spacial score (nSPS) is 19.9. The molecular weight excluding hydrogens is 354 g/mol. The Morgan fingerprint density at radius 2 is 2.33 bits per heavy atom. The second-order valence-corrected chi connectivity index (χ2v) is 7.93. The molecule has 21 heavy (non-hydrogen) atoms. The molecule has 0 radical (unpaired) electrons. The Morgan fingerprint density at radius 1 is 1.62 bits per heavy atom. The fourth-order valence-corrected chi connectivity index (χ4v) is 3.53. The third-order valence-electron chi connectivity index (χ3n) is 3.96. The predicted octanol–water partition coefficient (Wildman–Crippen LogP) is 3.42. The van der Waals surface area contributed by atoms with Gasteiger partial charge in [-0.25, -0.2) is 9.97 Å². The van der Waals surface area contributed by atoms with Crippen molar-refractivity contribution < 1.29 is 9.90 Å². The molecular formula is C14H16BrN3O2S. The predicted molar refractivity (Wildman–Crippen MR) is 85.5 cm³/mol. The van der Waals surface area contributed by atoms with Gasteiger partial charge in [0.05, 0.1) is 5.75 Å². The van der Waals surface area contributed by atoms with E-state index in [0.29, 0.717) is 11.3 Å². The van der Waals surface area contributed by atoms with Gasteiger partial charge >= 0.3 is 5.97 Å². The van der Waals surface area contributed by atoms with E-state index in [0.717, 1.165) is 27.3 Å². The Labute approximate surface area is 135 Å². The molecule has 0 aromatic carbocycles. The van der Waals surface area contributed by atoms with E-state index in [9.17, 15) is 4.79 Å². The summed E-state index contributed by atoms with van der Waals surface area (Å²) in [6, 6.07) is 1.92. The number of pyridine rings is 1. The van der Waals surface area contributed by atoms with Gasteiger partial charge in [0, 0.05) is 17.2 Å². The van der Waals surface area contributed by atoms with Crippen LogP contribution in [0.2, 0.25) is 0 Å². The molecule has 0 aliphatic heterocycles. The van der Waals surface area contributed by atoms with E-state index >= 15 is 0 Å². The lowest BCUT2D eigenvalue weighted by atomic mass is 10.1. The molecule has 5 nitrogen and oxygen atoms in total. The number of rotatable bonds is 5. The summed E-state index contributed by atoms with van der Waals surface area (Å²) in [6.45, 7) is 5.36. The second kappa shape index (κ2) is 5.28. The maximum absolute atomic E-state index is 10.8. The maximum Gasteiger partial charge on any atom is 0.313 e. The topological polar surface area (TPSA) is 68.0 Å². The third kappa shape index (κ3) is 3.08. The summed E-state index contributed by atoms with van der Waals surface area (Å²) in [5.74, 6) is -0.220. The van der Waals surface area contributed by atoms with Gasteiger partial charge in [-0.3, -0.25) is 4.79 Å².